The van der Waals surface area contributed by atoms with Crippen molar-refractivity contribution in [3.05, 3.63) is 47.3 Å². The number of nitrogens with zero attached hydrogens (tertiary/aromatic N) is 2. The molecule has 0 fully saturated rings. The molecule has 6 heteroatoms. The highest BCUT2D eigenvalue weighted by molar-refractivity contribution is 7.99. The van der Waals surface area contributed by atoms with Crippen molar-refractivity contribution in [2.45, 2.75) is 23.9 Å². The van der Waals surface area contributed by atoms with Crippen LogP contribution in [-0.2, 0) is 0 Å². The quantitative estimate of drug-likeness (QED) is 0.774. The molecule has 0 aliphatic heterocycles. The molecule has 5 nitrogen and oxygen atoms in total. The van der Waals surface area contributed by atoms with Crippen molar-refractivity contribution >= 4 is 28.8 Å². The normalized spacial score (nSPS) is 11.0. The van der Waals surface area contributed by atoms with Gasteiger partial charge in [0.25, 0.3) is 0 Å². The molecule has 3 aromatic rings. The van der Waals surface area contributed by atoms with Crippen LogP contribution in [-0.4, -0.2) is 26.0 Å². The van der Waals surface area contributed by atoms with Gasteiger partial charge in [-0.2, -0.15) is 0 Å². The molecule has 0 radical (unpaired) electrons. The molecule has 0 saturated heterocycles. The number of aromatic carboxylic acids is 1. The molecule has 0 spiro atoms. The molecular weight excluding hydrogens is 286 g/mol. The summed E-state index contributed by atoms with van der Waals surface area (Å²) in [5.74, 6) is -0.974. The van der Waals surface area contributed by atoms with E-state index in [0.29, 0.717) is 15.7 Å². The topological polar surface area (TPSA) is 78.9 Å². The van der Waals surface area contributed by atoms with Gasteiger partial charge in [0.2, 0.25) is 0 Å². The molecule has 1 aromatic carbocycles. The van der Waals surface area contributed by atoms with Gasteiger partial charge in [-0.15, -0.1) is 0 Å². The number of aryl methyl sites for hydroxylation is 2. The van der Waals surface area contributed by atoms with Crippen LogP contribution < -0.4 is 0 Å². The molecule has 0 amide bonds. The first-order valence-electron chi connectivity index (χ1n) is 6.39. The number of carbonyl (C=O) groups is 1. The molecule has 0 saturated carbocycles. The number of carboxylic acids is 1. The fourth-order valence-corrected chi connectivity index (χ4v) is 3.30. The van der Waals surface area contributed by atoms with E-state index in [1.165, 1.54) is 11.8 Å². The minimum Gasteiger partial charge on any atom is -0.478 e. The third-order valence-corrected chi connectivity index (χ3v) is 4.01. The van der Waals surface area contributed by atoms with Gasteiger partial charge in [0.15, 0.2) is 5.16 Å². The number of aromatic nitrogens is 3. The zero-order valence-corrected chi connectivity index (χ0v) is 12.4. The number of fused-ring (bicyclic) bond motifs is 1. The highest BCUT2D eigenvalue weighted by Crippen LogP contribution is 2.31. The molecular formula is C15H13N3O2S. The van der Waals surface area contributed by atoms with Crippen molar-refractivity contribution in [2.75, 3.05) is 0 Å². The van der Waals surface area contributed by atoms with Crippen LogP contribution in [0.5, 0.6) is 0 Å². The Kier molecular flexibility index (Phi) is 3.39. The third kappa shape index (κ3) is 2.62. The second kappa shape index (κ2) is 5.21. The monoisotopic (exact) mass is 299 g/mol. The van der Waals surface area contributed by atoms with Gasteiger partial charge in [0.05, 0.1) is 22.3 Å². The predicted molar refractivity (Wildman–Crippen MR) is 80.9 cm³/mol. The smallest absolute Gasteiger partial charge is 0.338 e. The molecule has 0 unspecified atom stereocenters. The van der Waals surface area contributed by atoms with E-state index in [1.54, 1.807) is 13.0 Å². The summed E-state index contributed by atoms with van der Waals surface area (Å²) >= 11 is 1.31. The maximum absolute atomic E-state index is 11.4. The van der Waals surface area contributed by atoms with Crippen LogP contribution in [0.15, 0.2) is 40.4 Å². The zero-order chi connectivity index (χ0) is 15.0. The zero-order valence-electron chi connectivity index (χ0n) is 11.5. The summed E-state index contributed by atoms with van der Waals surface area (Å²) in [5, 5.41) is 10.0. The van der Waals surface area contributed by atoms with Crippen LogP contribution in [0.25, 0.3) is 11.0 Å². The largest absolute Gasteiger partial charge is 0.478 e. The number of carboxylic acid groups (broad SMARTS) is 1. The first kappa shape index (κ1) is 13.6. The van der Waals surface area contributed by atoms with Crippen LogP contribution in [0.3, 0.4) is 0 Å². The van der Waals surface area contributed by atoms with Gasteiger partial charge in [-0.1, -0.05) is 23.9 Å². The second-order valence-electron chi connectivity index (χ2n) is 4.69. The van der Waals surface area contributed by atoms with E-state index in [0.717, 1.165) is 16.7 Å². The number of benzene rings is 1. The Hall–Kier alpha value is -2.34. The van der Waals surface area contributed by atoms with E-state index in [-0.39, 0.29) is 5.56 Å². The second-order valence-corrected chi connectivity index (χ2v) is 5.72. The van der Waals surface area contributed by atoms with Crippen LogP contribution in [0.1, 0.15) is 21.7 Å². The standard InChI is InChI=1S/C15H13N3O2S/c1-8-7-12(13(14(19)20)9(2)16-8)21-15-17-10-5-3-4-6-11(10)18-15/h3-7H,1-2H3,(H,17,18)(H,19,20). The van der Waals surface area contributed by atoms with E-state index >= 15 is 0 Å². The van der Waals surface area contributed by atoms with E-state index in [2.05, 4.69) is 15.0 Å². The number of rotatable bonds is 3. The molecule has 0 aliphatic carbocycles. The average Bonchev–Trinajstić information content (AvgIpc) is 2.79. The van der Waals surface area contributed by atoms with Crippen molar-refractivity contribution in [1.29, 1.82) is 0 Å². The summed E-state index contributed by atoms with van der Waals surface area (Å²) in [5.41, 5.74) is 3.32. The minimum absolute atomic E-state index is 0.228. The van der Waals surface area contributed by atoms with E-state index < -0.39 is 5.97 Å². The van der Waals surface area contributed by atoms with Gasteiger partial charge < -0.3 is 10.1 Å². The molecule has 2 N–H and O–H groups in total. The van der Waals surface area contributed by atoms with Crippen LogP contribution in [0.4, 0.5) is 0 Å². The lowest BCUT2D eigenvalue weighted by molar-refractivity contribution is 0.0691. The number of pyridine rings is 1. The molecule has 0 bridgehead atoms. The molecule has 3 rings (SSSR count). The Morgan fingerprint density at radius 3 is 2.71 bits per heavy atom. The minimum atomic E-state index is -0.974. The lowest BCUT2D eigenvalue weighted by Crippen LogP contribution is -2.05. The highest BCUT2D eigenvalue weighted by Gasteiger charge is 2.17. The number of H-pyrrole nitrogens is 1. The van der Waals surface area contributed by atoms with Crippen molar-refractivity contribution in [3.63, 3.8) is 0 Å². The summed E-state index contributed by atoms with van der Waals surface area (Å²) in [6, 6.07) is 9.47. The lowest BCUT2D eigenvalue weighted by Gasteiger charge is -2.08. The molecule has 2 heterocycles. The highest BCUT2D eigenvalue weighted by atomic mass is 32.2. The number of aromatic amines is 1. The van der Waals surface area contributed by atoms with Crippen molar-refractivity contribution in [3.8, 4) is 0 Å². The Labute approximate surface area is 125 Å². The third-order valence-electron chi connectivity index (χ3n) is 3.08. The summed E-state index contributed by atoms with van der Waals surface area (Å²) in [4.78, 5) is 23.9. The SMILES string of the molecule is Cc1cc(Sc2nc3ccccc3[nH]2)c(C(=O)O)c(C)n1. The van der Waals surface area contributed by atoms with Gasteiger partial charge in [-0.05, 0) is 32.0 Å². The molecule has 0 atom stereocenters. The molecule has 106 valence electrons. The molecule has 2 aromatic heterocycles. The van der Waals surface area contributed by atoms with Crippen LogP contribution in [0, 0.1) is 13.8 Å². The lowest BCUT2D eigenvalue weighted by atomic mass is 10.2. The van der Waals surface area contributed by atoms with Gasteiger partial charge in [-0.3, -0.25) is 4.98 Å². The fraction of sp³-hybridized carbons (Fsp3) is 0.133. The molecule has 21 heavy (non-hydrogen) atoms. The Balaban J connectivity index is 2.06. The molecule has 0 aliphatic rings. The van der Waals surface area contributed by atoms with Gasteiger partial charge in [0, 0.05) is 10.6 Å². The van der Waals surface area contributed by atoms with Crippen molar-refractivity contribution in [1.82, 2.24) is 15.0 Å². The van der Waals surface area contributed by atoms with Crippen LogP contribution in [0.2, 0.25) is 0 Å². The summed E-state index contributed by atoms with van der Waals surface area (Å²) < 4.78 is 0. The average molecular weight is 299 g/mol. The predicted octanol–water partition coefficient (Wildman–Crippen LogP) is 3.42. The van der Waals surface area contributed by atoms with E-state index in [9.17, 15) is 9.90 Å². The number of nitrogens with one attached hydrogen (secondary N) is 1. The van der Waals surface area contributed by atoms with Crippen LogP contribution >= 0.6 is 11.8 Å². The first-order valence-corrected chi connectivity index (χ1v) is 7.20. The first-order chi connectivity index (χ1) is 10.0. The summed E-state index contributed by atoms with van der Waals surface area (Å²) in [6.07, 6.45) is 0. The van der Waals surface area contributed by atoms with Crippen molar-refractivity contribution in [2.24, 2.45) is 0 Å². The van der Waals surface area contributed by atoms with Gasteiger partial charge in [0.1, 0.15) is 0 Å². The maximum Gasteiger partial charge on any atom is 0.338 e. The van der Waals surface area contributed by atoms with E-state index in [4.69, 9.17) is 0 Å². The van der Waals surface area contributed by atoms with Crippen molar-refractivity contribution < 1.29 is 9.90 Å². The Morgan fingerprint density at radius 1 is 1.24 bits per heavy atom. The fourth-order valence-electron chi connectivity index (χ4n) is 2.22. The number of imidazole rings is 1. The number of hydrogen-bond donors (Lipinski definition) is 2. The van der Waals surface area contributed by atoms with Gasteiger partial charge in [-0.25, -0.2) is 9.78 Å². The van der Waals surface area contributed by atoms with Gasteiger partial charge >= 0.3 is 5.97 Å². The van der Waals surface area contributed by atoms with E-state index in [1.807, 2.05) is 31.2 Å². The summed E-state index contributed by atoms with van der Waals surface area (Å²) in [6.45, 7) is 3.56. The Morgan fingerprint density at radius 2 is 2.00 bits per heavy atom. The number of hydrogen-bond acceptors (Lipinski definition) is 4. The number of para-hydroxylation sites is 2. The maximum atomic E-state index is 11.4. The summed E-state index contributed by atoms with van der Waals surface area (Å²) in [7, 11) is 0. The Bertz CT molecular complexity index is 809.